The summed E-state index contributed by atoms with van der Waals surface area (Å²) in [5, 5.41) is 0. The SMILES string of the molecule is CC(=O)O[C@@H]1CCC(=O)C[C@H]1c1ccccc1. The van der Waals surface area contributed by atoms with Crippen molar-refractivity contribution in [1.82, 2.24) is 0 Å². The molecule has 1 aliphatic rings. The van der Waals surface area contributed by atoms with Crippen molar-refractivity contribution in [1.29, 1.82) is 0 Å². The molecule has 17 heavy (non-hydrogen) atoms. The summed E-state index contributed by atoms with van der Waals surface area (Å²) in [5.74, 6) is -0.00566. The van der Waals surface area contributed by atoms with Crippen molar-refractivity contribution in [3.63, 3.8) is 0 Å². The lowest BCUT2D eigenvalue weighted by Crippen LogP contribution is -2.31. The number of ether oxygens (including phenoxy) is 1. The van der Waals surface area contributed by atoms with Crippen LogP contribution in [0, 0.1) is 0 Å². The lowest BCUT2D eigenvalue weighted by atomic mass is 9.81. The van der Waals surface area contributed by atoms with Gasteiger partial charge in [-0.3, -0.25) is 9.59 Å². The number of hydrogen-bond donors (Lipinski definition) is 0. The highest BCUT2D eigenvalue weighted by atomic mass is 16.5. The predicted molar refractivity (Wildman–Crippen MR) is 63.6 cm³/mol. The van der Waals surface area contributed by atoms with E-state index in [4.69, 9.17) is 4.74 Å². The normalized spacial score (nSPS) is 24.4. The van der Waals surface area contributed by atoms with Gasteiger partial charge in [-0.15, -0.1) is 0 Å². The molecule has 1 fully saturated rings. The summed E-state index contributed by atoms with van der Waals surface area (Å²) in [7, 11) is 0. The molecule has 1 aliphatic carbocycles. The van der Waals surface area contributed by atoms with Gasteiger partial charge in [-0.2, -0.15) is 0 Å². The van der Waals surface area contributed by atoms with E-state index in [-0.39, 0.29) is 23.8 Å². The van der Waals surface area contributed by atoms with E-state index in [9.17, 15) is 9.59 Å². The molecule has 2 atom stereocenters. The Morgan fingerprint density at radius 3 is 2.65 bits per heavy atom. The standard InChI is InChI=1S/C14H16O3/c1-10(15)17-14-8-7-12(16)9-13(14)11-5-3-2-4-6-11/h2-6,13-14H,7-9H2,1H3/t13-,14+/m0/s1. The van der Waals surface area contributed by atoms with E-state index in [2.05, 4.69) is 0 Å². The van der Waals surface area contributed by atoms with Crippen LogP contribution in [0.3, 0.4) is 0 Å². The van der Waals surface area contributed by atoms with Gasteiger partial charge in [0.1, 0.15) is 11.9 Å². The second-order valence-corrected chi connectivity index (χ2v) is 4.45. The van der Waals surface area contributed by atoms with Gasteiger partial charge in [0.25, 0.3) is 0 Å². The second kappa shape index (κ2) is 5.13. The molecule has 90 valence electrons. The fourth-order valence-corrected chi connectivity index (χ4v) is 2.37. The lowest BCUT2D eigenvalue weighted by molar-refractivity contribution is -0.150. The Kier molecular flexibility index (Phi) is 3.57. The Morgan fingerprint density at radius 1 is 1.29 bits per heavy atom. The van der Waals surface area contributed by atoms with Crippen LogP contribution in [0.25, 0.3) is 0 Å². The number of carbonyl (C=O) groups excluding carboxylic acids is 2. The molecule has 0 amide bonds. The largest absolute Gasteiger partial charge is 0.462 e. The van der Waals surface area contributed by atoms with Gasteiger partial charge in [0.15, 0.2) is 0 Å². The Hall–Kier alpha value is -1.64. The molecular formula is C14H16O3. The summed E-state index contributed by atoms with van der Waals surface area (Å²) in [6.07, 6.45) is 1.47. The molecule has 0 spiro atoms. The average molecular weight is 232 g/mol. The Balaban J connectivity index is 2.19. The number of benzene rings is 1. The van der Waals surface area contributed by atoms with E-state index in [1.807, 2.05) is 30.3 Å². The van der Waals surface area contributed by atoms with Crippen molar-refractivity contribution < 1.29 is 14.3 Å². The average Bonchev–Trinajstić information content (AvgIpc) is 2.32. The highest BCUT2D eigenvalue weighted by molar-refractivity contribution is 5.80. The van der Waals surface area contributed by atoms with E-state index < -0.39 is 0 Å². The Morgan fingerprint density at radius 2 is 2.00 bits per heavy atom. The van der Waals surface area contributed by atoms with Crippen molar-refractivity contribution in [3.05, 3.63) is 35.9 Å². The van der Waals surface area contributed by atoms with Crippen LogP contribution in [-0.4, -0.2) is 17.9 Å². The molecule has 1 aromatic rings. The molecule has 0 radical (unpaired) electrons. The topological polar surface area (TPSA) is 43.4 Å². The first-order valence-corrected chi connectivity index (χ1v) is 5.90. The maximum Gasteiger partial charge on any atom is 0.302 e. The summed E-state index contributed by atoms with van der Waals surface area (Å²) in [6, 6.07) is 9.80. The highest BCUT2D eigenvalue weighted by Gasteiger charge is 2.32. The smallest absolute Gasteiger partial charge is 0.302 e. The molecule has 0 unspecified atom stereocenters. The molecule has 0 bridgehead atoms. The summed E-state index contributed by atoms with van der Waals surface area (Å²) in [4.78, 5) is 22.6. The van der Waals surface area contributed by atoms with Crippen LogP contribution in [0.1, 0.15) is 37.7 Å². The molecule has 0 aliphatic heterocycles. The zero-order chi connectivity index (χ0) is 12.3. The van der Waals surface area contributed by atoms with Crippen LogP contribution in [0.2, 0.25) is 0 Å². The lowest BCUT2D eigenvalue weighted by Gasteiger charge is -2.30. The zero-order valence-electron chi connectivity index (χ0n) is 9.89. The quantitative estimate of drug-likeness (QED) is 0.736. The van der Waals surface area contributed by atoms with Crippen LogP contribution >= 0.6 is 0 Å². The minimum atomic E-state index is -0.273. The van der Waals surface area contributed by atoms with E-state index in [1.165, 1.54) is 6.92 Å². The number of rotatable bonds is 2. The molecule has 2 rings (SSSR count). The first-order chi connectivity index (χ1) is 8.16. The molecule has 0 N–H and O–H groups in total. The van der Waals surface area contributed by atoms with Gasteiger partial charge in [-0.25, -0.2) is 0 Å². The second-order valence-electron chi connectivity index (χ2n) is 4.45. The molecule has 0 saturated heterocycles. The van der Waals surface area contributed by atoms with Crippen LogP contribution in [0.4, 0.5) is 0 Å². The van der Waals surface area contributed by atoms with Crippen LogP contribution in [-0.2, 0) is 14.3 Å². The van der Waals surface area contributed by atoms with E-state index in [0.29, 0.717) is 19.3 Å². The van der Waals surface area contributed by atoms with Crippen molar-refractivity contribution in [2.24, 2.45) is 0 Å². The number of Topliss-reactive ketones (excluding diaryl/α,β-unsaturated/α-hetero) is 1. The molecule has 1 saturated carbocycles. The Labute approximate surface area is 101 Å². The van der Waals surface area contributed by atoms with E-state index >= 15 is 0 Å². The molecule has 3 heteroatoms. The molecule has 1 aromatic carbocycles. The monoisotopic (exact) mass is 232 g/mol. The van der Waals surface area contributed by atoms with E-state index in [1.54, 1.807) is 0 Å². The highest BCUT2D eigenvalue weighted by Crippen LogP contribution is 2.33. The summed E-state index contributed by atoms with van der Waals surface area (Å²) < 4.78 is 5.32. The van der Waals surface area contributed by atoms with Gasteiger partial charge >= 0.3 is 5.97 Å². The van der Waals surface area contributed by atoms with Gasteiger partial charge < -0.3 is 4.74 Å². The number of hydrogen-bond acceptors (Lipinski definition) is 3. The summed E-state index contributed by atoms with van der Waals surface area (Å²) >= 11 is 0. The first-order valence-electron chi connectivity index (χ1n) is 5.90. The van der Waals surface area contributed by atoms with Gasteiger partial charge in [0.05, 0.1) is 0 Å². The van der Waals surface area contributed by atoms with Gasteiger partial charge in [0, 0.05) is 25.7 Å². The fourth-order valence-electron chi connectivity index (χ4n) is 2.37. The van der Waals surface area contributed by atoms with Gasteiger partial charge in [-0.1, -0.05) is 30.3 Å². The number of esters is 1. The van der Waals surface area contributed by atoms with Gasteiger partial charge in [-0.05, 0) is 12.0 Å². The maximum absolute atomic E-state index is 11.5. The van der Waals surface area contributed by atoms with Crippen molar-refractivity contribution in [2.75, 3.05) is 0 Å². The van der Waals surface area contributed by atoms with Crippen molar-refractivity contribution >= 4 is 11.8 Å². The minimum absolute atomic E-state index is 0.0151. The van der Waals surface area contributed by atoms with E-state index in [0.717, 1.165) is 5.56 Å². The third-order valence-corrected chi connectivity index (χ3v) is 3.15. The Bertz CT molecular complexity index is 411. The maximum atomic E-state index is 11.5. The summed E-state index contributed by atoms with van der Waals surface area (Å²) in [6.45, 7) is 1.42. The van der Waals surface area contributed by atoms with Gasteiger partial charge in [0.2, 0.25) is 0 Å². The van der Waals surface area contributed by atoms with Crippen LogP contribution in [0.5, 0.6) is 0 Å². The third-order valence-electron chi connectivity index (χ3n) is 3.15. The van der Waals surface area contributed by atoms with Crippen LogP contribution < -0.4 is 0 Å². The third kappa shape index (κ3) is 2.93. The molecular weight excluding hydrogens is 216 g/mol. The van der Waals surface area contributed by atoms with Crippen molar-refractivity contribution in [3.8, 4) is 0 Å². The number of ketones is 1. The molecule has 0 heterocycles. The predicted octanol–water partition coefficient (Wildman–Crippen LogP) is 2.45. The van der Waals surface area contributed by atoms with Crippen molar-refractivity contribution in [2.45, 2.75) is 38.2 Å². The number of carbonyl (C=O) groups is 2. The first kappa shape index (κ1) is 11.8. The summed E-state index contributed by atoms with van der Waals surface area (Å²) in [5.41, 5.74) is 1.08. The molecule has 3 nitrogen and oxygen atoms in total. The molecule has 0 aromatic heterocycles. The zero-order valence-corrected chi connectivity index (χ0v) is 9.89. The van der Waals surface area contributed by atoms with Crippen LogP contribution in [0.15, 0.2) is 30.3 Å². The minimum Gasteiger partial charge on any atom is -0.462 e. The fraction of sp³-hybridized carbons (Fsp3) is 0.429.